The van der Waals surface area contributed by atoms with Gasteiger partial charge in [0.2, 0.25) is 0 Å². The van der Waals surface area contributed by atoms with Crippen molar-refractivity contribution in [3.05, 3.63) is 35.6 Å². The highest BCUT2D eigenvalue weighted by Crippen LogP contribution is 2.34. The molecule has 2 atom stereocenters. The molecular formula is C17H25ClFN. The van der Waals surface area contributed by atoms with Gasteiger partial charge in [0.1, 0.15) is 5.82 Å². The summed E-state index contributed by atoms with van der Waals surface area (Å²) in [5.74, 6) is 1.49. The van der Waals surface area contributed by atoms with Crippen LogP contribution < -0.4 is 0 Å². The van der Waals surface area contributed by atoms with Crippen molar-refractivity contribution < 1.29 is 4.39 Å². The molecule has 1 aliphatic heterocycles. The standard InChI is InChI=1S/C17H25ClFN/c1-2-3-4-10-20-11-9-17(15(12-18)13-20)14-5-7-16(19)8-6-14/h5-8,15,17H,2-4,9-13H2,1H3. The van der Waals surface area contributed by atoms with Gasteiger partial charge in [-0.3, -0.25) is 0 Å². The molecule has 0 aliphatic carbocycles. The SMILES string of the molecule is CCCCCN1CCC(c2ccc(F)cc2)C(CCl)C1. The molecular weight excluding hydrogens is 273 g/mol. The van der Waals surface area contributed by atoms with Crippen LogP contribution in [0.2, 0.25) is 0 Å². The molecule has 0 aromatic heterocycles. The Hall–Kier alpha value is -0.600. The first kappa shape index (κ1) is 15.8. The molecule has 1 aliphatic rings. The van der Waals surface area contributed by atoms with Crippen molar-refractivity contribution in [2.45, 2.75) is 38.5 Å². The summed E-state index contributed by atoms with van der Waals surface area (Å²) in [6, 6.07) is 6.97. The lowest BCUT2D eigenvalue weighted by atomic mass is 9.81. The van der Waals surface area contributed by atoms with E-state index >= 15 is 0 Å². The Morgan fingerprint density at radius 3 is 2.65 bits per heavy atom. The van der Waals surface area contributed by atoms with Crippen LogP contribution in [-0.2, 0) is 0 Å². The smallest absolute Gasteiger partial charge is 0.123 e. The molecule has 0 saturated carbocycles. The van der Waals surface area contributed by atoms with Gasteiger partial charge in [0.25, 0.3) is 0 Å². The van der Waals surface area contributed by atoms with Crippen molar-refractivity contribution in [3.8, 4) is 0 Å². The molecule has 20 heavy (non-hydrogen) atoms. The van der Waals surface area contributed by atoms with E-state index in [4.69, 9.17) is 11.6 Å². The molecule has 2 rings (SSSR count). The van der Waals surface area contributed by atoms with Crippen LogP contribution in [0.1, 0.15) is 44.1 Å². The van der Waals surface area contributed by atoms with Gasteiger partial charge in [-0.05, 0) is 55.5 Å². The maximum Gasteiger partial charge on any atom is 0.123 e. The predicted octanol–water partition coefficient (Wildman–Crippen LogP) is 4.66. The molecule has 112 valence electrons. The number of hydrogen-bond donors (Lipinski definition) is 0. The number of unbranched alkanes of at least 4 members (excludes halogenated alkanes) is 2. The molecule has 0 amide bonds. The van der Waals surface area contributed by atoms with E-state index in [-0.39, 0.29) is 5.82 Å². The molecule has 1 nitrogen and oxygen atoms in total. The Kier molecular flexibility index (Phi) is 6.31. The van der Waals surface area contributed by atoms with Crippen LogP contribution >= 0.6 is 11.6 Å². The topological polar surface area (TPSA) is 3.24 Å². The van der Waals surface area contributed by atoms with Crippen molar-refractivity contribution in [3.63, 3.8) is 0 Å². The Labute approximate surface area is 127 Å². The highest BCUT2D eigenvalue weighted by Gasteiger charge is 2.29. The fourth-order valence-corrected chi connectivity index (χ4v) is 3.51. The molecule has 1 fully saturated rings. The Bertz CT molecular complexity index is 392. The summed E-state index contributed by atoms with van der Waals surface area (Å²) in [6.45, 7) is 5.65. The number of hydrogen-bond acceptors (Lipinski definition) is 1. The zero-order valence-electron chi connectivity index (χ0n) is 12.3. The molecule has 1 aromatic carbocycles. The summed E-state index contributed by atoms with van der Waals surface area (Å²) >= 11 is 6.18. The number of piperidine rings is 1. The van der Waals surface area contributed by atoms with E-state index in [0.717, 1.165) is 19.5 Å². The quantitative estimate of drug-likeness (QED) is 0.545. The summed E-state index contributed by atoms with van der Waals surface area (Å²) in [5.41, 5.74) is 1.24. The third kappa shape index (κ3) is 4.20. The monoisotopic (exact) mass is 297 g/mol. The highest BCUT2D eigenvalue weighted by molar-refractivity contribution is 6.18. The third-order valence-electron chi connectivity index (χ3n) is 4.39. The van der Waals surface area contributed by atoms with Crippen molar-refractivity contribution in [1.82, 2.24) is 4.90 Å². The summed E-state index contributed by atoms with van der Waals surface area (Å²) in [4.78, 5) is 2.54. The van der Waals surface area contributed by atoms with Gasteiger partial charge >= 0.3 is 0 Å². The summed E-state index contributed by atoms with van der Waals surface area (Å²) in [5, 5.41) is 0. The lowest BCUT2D eigenvalue weighted by Crippen LogP contribution is -2.40. The van der Waals surface area contributed by atoms with Crippen LogP contribution in [0.15, 0.2) is 24.3 Å². The van der Waals surface area contributed by atoms with E-state index in [1.165, 1.54) is 31.4 Å². The molecule has 3 heteroatoms. The van der Waals surface area contributed by atoms with Gasteiger partial charge in [-0.15, -0.1) is 11.6 Å². The number of likely N-dealkylation sites (tertiary alicyclic amines) is 1. The van der Waals surface area contributed by atoms with E-state index in [1.807, 2.05) is 12.1 Å². The van der Waals surface area contributed by atoms with Gasteiger partial charge in [0.05, 0.1) is 0 Å². The molecule has 1 aromatic rings. The molecule has 0 spiro atoms. The first-order valence-electron chi connectivity index (χ1n) is 7.78. The maximum atomic E-state index is 13.0. The number of nitrogens with zero attached hydrogens (tertiary/aromatic N) is 1. The Morgan fingerprint density at radius 1 is 1.25 bits per heavy atom. The molecule has 0 N–H and O–H groups in total. The highest BCUT2D eigenvalue weighted by atomic mass is 35.5. The van der Waals surface area contributed by atoms with E-state index in [9.17, 15) is 4.39 Å². The minimum atomic E-state index is -0.159. The van der Waals surface area contributed by atoms with Gasteiger partial charge in [-0.2, -0.15) is 0 Å². The fourth-order valence-electron chi connectivity index (χ4n) is 3.20. The Morgan fingerprint density at radius 2 is 2.00 bits per heavy atom. The normalized spacial score (nSPS) is 23.9. The minimum Gasteiger partial charge on any atom is -0.303 e. The number of halogens is 2. The first-order chi connectivity index (χ1) is 9.74. The summed E-state index contributed by atoms with van der Waals surface area (Å²) < 4.78 is 13.0. The van der Waals surface area contributed by atoms with Crippen molar-refractivity contribution in [2.75, 3.05) is 25.5 Å². The largest absolute Gasteiger partial charge is 0.303 e. The maximum absolute atomic E-state index is 13.0. The zero-order chi connectivity index (χ0) is 14.4. The van der Waals surface area contributed by atoms with Crippen LogP contribution in [-0.4, -0.2) is 30.4 Å². The second kappa shape index (κ2) is 7.99. The number of alkyl halides is 1. The van der Waals surface area contributed by atoms with Crippen molar-refractivity contribution in [2.24, 2.45) is 5.92 Å². The summed E-state index contributed by atoms with van der Waals surface area (Å²) in [6.07, 6.45) is 5.00. The number of rotatable bonds is 6. The molecule has 0 radical (unpaired) electrons. The predicted molar refractivity (Wildman–Crippen MR) is 83.9 cm³/mol. The van der Waals surface area contributed by atoms with E-state index in [2.05, 4.69) is 11.8 Å². The van der Waals surface area contributed by atoms with Crippen LogP contribution in [0.5, 0.6) is 0 Å². The fraction of sp³-hybridized carbons (Fsp3) is 0.647. The lowest BCUT2D eigenvalue weighted by Gasteiger charge is -2.38. The average molecular weight is 298 g/mol. The molecule has 1 saturated heterocycles. The molecule has 0 bridgehead atoms. The van der Waals surface area contributed by atoms with Gasteiger partial charge in [-0.25, -0.2) is 4.39 Å². The Balaban J connectivity index is 1.94. The van der Waals surface area contributed by atoms with Gasteiger partial charge in [-0.1, -0.05) is 31.9 Å². The van der Waals surface area contributed by atoms with E-state index in [0.29, 0.717) is 17.7 Å². The van der Waals surface area contributed by atoms with Crippen molar-refractivity contribution in [1.29, 1.82) is 0 Å². The number of benzene rings is 1. The second-order valence-corrected chi connectivity index (χ2v) is 6.18. The minimum absolute atomic E-state index is 0.159. The zero-order valence-corrected chi connectivity index (χ0v) is 13.1. The second-order valence-electron chi connectivity index (χ2n) is 5.87. The van der Waals surface area contributed by atoms with Crippen LogP contribution in [0.4, 0.5) is 4.39 Å². The molecule has 2 unspecified atom stereocenters. The van der Waals surface area contributed by atoms with E-state index < -0.39 is 0 Å². The van der Waals surface area contributed by atoms with Gasteiger partial charge < -0.3 is 4.90 Å². The van der Waals surface area contributed by atoms with Crippen molar-refractivity contribution >= 4 is 11.6 Å². The third-order valence-corrected chi connectivity index (χ3v) is 4.79. The summed E-state index contributed by atoms with van der Waals surface area (Å²) in [7, 11) is 0. The van der Waals surface area contributed by atoms with Gasteiger partial charge in [0, 0.05) is 12.4 Å². The average Bonchev–Trinajstić information content (AvgIpc) is 2.48. The van der Waals surface area contributed by atoms with Gasteiger partial charge in [0.15, 0.2) is 0 Å². The lowest BCUT2D eigenvalue weighted by molar-refractivity contribution is 0.162. The molecule has 1 heterocycles. The van der Waals surface area contributed by atoms with Crippen LogP contribution in [0.3, 0.4) is 0 Å². The first-order valence-corrected chi connectivity index (χ1v) is 8.31. The van der Waals surface area contributed by atoms with E-state index in [1.54, 1.807) is 12.1 Å². The van der Waals surface area contributed by atoms with Crippen LogP contribution in [0.25, 0.3) is 0 Å². The van der Waals surface area contributed by atoms with Crippen LogP contribution in [0, 0.1) is 11.7 Å².